The molecule has 1 amide bonds. The summed E-state index contributed by atoms with van der Waals surface area (Å²) in [7, 11) is 1.78. The van der Waals surface area contributed by atoms with Gasteiger partial charge in [0.1, 0.15) is 11.6 Å². The predicted molar refractivity (Wildman–Crippen MR) is 98.3 cm³/mol. The van der Waals surface area contributed by atoms with Gasteiger partial charge in [-0.2, -0.15) is 0 Å². The van der Waals surface area contributed by atoms with E-state index in [1.807, 2.05) is 12.1 Å². The van der Waals surface area contributed by atoms with Gasteiger partial charge in [-0.3, -0.25) is 14.6 Å². The number of hydrogen-bond acceptors (Lipinski definition) is 4. The van der Waals surface area contributed by atoms with Crippen molar-refractivity contribution in [3.05, 3.63) is 58.8 Å². The third kappa shape index (κ3) is 4.84. The number of likely N-dealkylation sites (N-methyl/N-ethyl adjacent to an activating group) is 1. The van der Waals surface area contributed by atoms with Crippen LogP contribution in [0.4, 0.5) is 4.39 Å². The van der Waals surface area contributed by atoms with E-state index in [1.54, 1.807) is 30.3 Å². The van der Waals surface area contributed by atoms with Crippen LogP contribution >= 0.6 is 11.6 Å². The Labute approximate surface area is 157 Å². The summed E-state index contributed by atoms with van der Waals surface area (Å²) < 4.78 is 19.2. The van der Waals surface area contributed by atoms with Gasteiger partial charge in [-0.15, -0.1) is 0 Å². The molecule has 0 aliphatic carbocycles. The highest BCUT2D eigenvalue weighted by molar-refractivity contribution is 6.31. The molecule has 1 aromatic heterocycles. The van der Waals surface area contributed by atoms with Crippen molar-refractivity contribution in [1.82, 2.24) is 14.7 Å². The normalized spacial score (nSPS) is 16.0. The lowest BCUT2D eigenvalue weighted by Crippen LogP contribution is -2.49. The summed E-state index contributed by atoms with van der Waals surface area (Å²) in [4.78, 5) is 18.3. The first-order valence-corrected chi connectivity index (χ1v) is 9.04. The Hall–Kier alpha value is -1.89. The Morgan fingerprint density at radius 1 is 1.19 bits per heavy atom. The number of rotatable bonds is 6. The van der Waals surface area contributed by atoms with E-state index >= 15 is 0 Å². The van der Waals surface area contributed by atoms with Crippen molar-refractivity contribution in [2.24, 2.45) is 0 Å². The molecule has 5 nitrogen and oxygen atoms in total. The van der Waals surface area contributed by atoms with Crippen LogP contribution in [0.15, 0.2) is 41.0 Å². The van der Waals surface area contributed by atoms with Gasteiger partial charge in [0.25, 0.3) is 0 Å². The lowest BCUT2D eigenvalue weighted by molar-refractivity contribution is -0.132. The average Bonchev–Trinajstić information content (AvgIpc) is 3.12. The van der Waals surface area contributed by atoms with E-state index in [0.29, 0.717) is 30.2 Å². The minimum atomic E-state index is -0.269. The monoisotopic (exact) mass is 379 g/mol. The van der Waals surface area contributed by atoms with Gasteiger partial charge in [0.05, 0.1) is 19.4 Å². The van der Waals surface area contributed by atoms with Gasteiger partial charge in [-0.05, 0) is 24.3 Å². The minimum absolute atomic E-state index is 0.0620. The molecule has 0 unspecified atom stereocenters. The average molecular weight is 380 g/mol. The Morgan fingerprint density at radius 2 is 1.92 bits per heavy atom. The molecular formula is C19H23ClFN3O2. The first-order valence-electron chi connectivity index (χ1n) is 8.67. The third-order valence-corrected chi connectivity index (χ3v) is 5.02. The standard InChI is InChI=1S/C19H23ClFN3O2/c1-22(12-15-4-3-11-26-15)19(25)14-24-9-7-23(8-10-24)13-16-17(20)5-2-6-18(16)21/h2-6,11H,7-10,12-14H2,1H3. The van der Waals surface area contributed by atoms with E-state index in [2.05, 4.69) is 9.80 Å². The van der Waals surface area contributed by atoms with Crippen molar-refractivity contribution in [3.63, 3.8) is 0 Å². The van der Waals surface area contributed by atoms with Gasteiger partial charge in [0.2, 0.25) is 5.91 Å². The van der Waals surface area contributed by atoms with E-state index in [4.69, 9.17) is 16.0 Å². The molecule has 0 N–H and O–H groups in total. The molecule has 26 heavy (non-hydrogen) atoms. The van der Waals surface area contributed by atoms with Crippen molar-refractivity contribution in [2.45, 2.75) is 13.1 Å². The lowest BCUT2D eigenvalue weighted by Gasteiger charge is -2.35. The maximum Gasteiger partial charge on any atom is 0.236 e. The quantitative estimate of drug-likeness (QED) is 0.773. The van der Waals surface area contributed by atoms with Crippen LogP contribution in [0, 0.1) is 5.82 Å². The van der Waals surface area contributed by atoms with Crippen molar-refractivity contribution in [2.75, 3.05) is 39.8 Å². The van der Waals surface area contributed by atoms with E-state index in [-0.39, 0.29) is 11.7 Å². The number of nitrogens with zero attached hydrogens (tertiary/aromatic N) is 3. The lowest BCUT2D eigenvalue weighted by atomic mass is 10.2. The third-order valence-electron chi connectivity index (χ3n) is 4.67. The van der Waals surface area contributed by atoms with Crippen LogP contribution in [0.1, 0.15) is 11.3 Å². The zero-order valence-electron chi connectivity index (χ0n) is 14.8. The highest BCUT2D eigenvalue weighted by Gasteiger charge is 2.22. The SMILES string of the molecule is CN(Cc1ccco1)C(=O)CN1CCN(Cc2c(F)cccc2Cl)CC1. The molecule has 0 bridgehead atoms. The number of carbonyl (C=O) groups is 1. The first kappa shape index (κ1) is 18.9. The molecule has 1 aliphatic rings. The fraction of sp³-hybridized carbons (Fsp3) is 0.421. The molecule has 1 fully saturated rings. The van der Waals surface area contributed by atoms with Gasteiger partial charge in [0, 0.05) is 50.4 Å². The van der Waals surface area contributed by atoms with E-state index in [9.17, 15) is 9.18 Å². The molecule has 0 atom stereocenters. The van der Waals surface area contributed by atoms with Crippen LogP contribution in [0.2, 0.25) is 5.02 Å². The highest BCUT2D eigenvalue weighted by Crippen LogP contribution is 2.21. The maximum atomic E-state index is 13.9. The molecule has 140 valence electrons. The predicted octanol–water partition coefficient (Wildman–Crippen LogP) is 2.85. The van der Waals surface area contributed by atoms with Gasteiger partial charge in [-0.1, -0.05) is 17.7 Å². The Morgan fingerprint density at radius 3 is 2.58 bits per heavy atom. The van der Waals surface area contributed by atoms with E-state index in [1.165, 1.54) is 6.07 Å². The number of piperazine rings is 1. The van der Waals surface area contributed by atoms with Crippen LogP contribution in [-0.4, -0.2) is 60.4 Å². The smallest absolute Gasteiger partial charge is 0.236 e. The van der Waals surface area contributed by atoms with Crippen LogP contribution in [0.25, 0.3) is 0 Å². The zero-order valence-corrected chi connectivity index (χ0v) is 15.6. The fourth-order valence-electron chi connectivity index (χ4n) is 3.05. The van der Waals surface area contributed by atoms with Crippen LogP contribution in [0.5, 0.6) is 0 Å². The summed E-state index contributed by atoms with van der Waals surface area (Å²) in [6, 6.07) is 8.43. The van der Waals surface area contributed by atoms with Crippen LogP contribution in [-0.2, 0) is 17.9 Å². The van der Waals surface area contributed by atoms with Crippen LogP contribution in [0.3, 0.4) is 0 Å². The topological polar surface area (TPSA) is 39.9 Å². The number of benzene rings is 1. The summed E-state index contributed by atoms with van der Waals surface area (Å²) in [6.07, 6.45) is 1.61. The van der Waals surface area contributed by atoms with Gasteiger partial charge in [-0.25, -0.2) is 4.39 Å². The number of hydrogen-bond donors (Lipinski definition) is 0. The molecule has 2 aromatic rings. The Kier molecular flexibility index (Phi) is 6.29. The van der Waals surface area contributed by atoms with Crippen molar-refractivity contribution < 1.29 is 13.6 Å². The number of amides is 1. The van der Waals surface area contributed by atoms with Crippen molar-refractivity contribution >= 4 is 17.5 Å². The second-order valence-electron chi connectivity index (χ2n) is 6.58. The second-order valence-corrected chi connectivity index (χ2v) is 6.99. The molecule has 3 rings (SSSR count). The Bertz CT molecular complexity index is 710. The Balaban J connectivity index is 1.45. The molecule has 2 heterocycles. The van der Waals surface area contributed by atoms with Gasteiger partial charge < -0.3 is 9.32 Å². The summed E-state index contributed by atoms with van der Waals surface area (Å²) >= 11 is 6.10. The second kappa shape index (κ2) is 8.66. The van der Waals surface area contributed by atoms with Crippen LogP contribution < -0.4 is 0 Å². The van der Waals surface area contributed by atoms with Gasteiger partial charge in [0.15, 0.2) is 0 Å². The van der Waals surface area contributed by atoms with E-state index in [0.717, 1.165) is 31.9 Å². The maximum absolute atomic E-state index is 13.9. The number of furan rings is 1. The molecule has 1 aliphatic heterocycles. The number of carbonyl (C=O) groups excluding carboxylic acids is 1. The zero-order chi connectivity index (χ0) is 18.5. The molecule has 0 radical (unpaired) electrons. The molecule has 7 heteroatoms. The molecular weight excluding hydrogens is 357 g/mol. The molecule has 0 spiro atoms. The summed E-state index contributed by atoms with van der Waals surface area (Å²) in [5.41, 5.74) is 0.539. The first-order chi connectivity index (χ1) is 12.5. The number of halogens is 2. The largest absolute Gasteiger partial charge is 0.467 e. The van der Waals surface area contributed by atoms with E-state index < -0.39 is 0 Å². The fourth-order valence-corrected chi connectivity index (χ4v) is 3.27. The minimum Gasteiger partial charge on any atom is -0.467 e. The van der Waals surface area contributed by atoms with Crippen molar-refractivity contribution in [1.29, 1.82) is 0 Å². The summed E-state index contributed by atoms with van der Waals surface area (Å²) in [5, 5.41) is 0.460. The molecule has 1 saturated heterocycles. The summed E-state index contributed by atoms with van der Waals surface area (Å²) in [5.74, 6) is 0.564. The molecule has 0 saturated carbocycles. The van der Waals surface area contributed by atoms with Gasteiger partial charge >= 0.3 is 0 Å². The summed E-state index contributed by atoms with van der Waals surface area (Å²) in [6.45, 7) is 4.44. The highest BCUT2D eigenvalue weighted by atomic mass is 35.5. The molecule has 1 aromatic carbocycles. The van der Waals surface area contributed by atoms with Crippen molar-refractivity contribution in [3.8, 4) is 0 Å².